The minimum absolute atomic E-state index is 0.0158. The van der Waals surface area contributed by atoms with Crippen LogP contribution in [0.3, 0.4) is 0 Å². The van der Waals surface area contributed by atoms with Gasteiger partial charge in [0.2, 0.25) is 16.0 Å². The molecule has 0 atom stereocenters. The molecule has 1 N–H and O–H groups in total. The van der Waals surface area contributed by atoms with Gasteiger partial charge in [-0.1, -0.05) is 11.6 Å². The highest BCUT2D eigenvalue weighted by Crippen LogP contribution is 2.36. The Bertz CT molecular complexity index is 1540. The van der Waals surface area contributed by atoms with Gasteiger partial charge in [-0.25, -0.2) is 32.5 Å². The van der Waals surface area contributed by atoms with Crippen LogP contribution < -0.4 is 10.2 Å². The quantitative estimate of drug-likeness (QED) is 0.460. The van der Waals surface area contributed by atoms with E-state index >= 15 is 0 Å². The van der Waals surface area contributed by atoms with Crippen LogP contribution in [0.2, 0.25) is 5.02 Å². The van der Waals surface area contributed by atoms with Gasteiger partial charge < -0.3 is 14.8 Å². The highest BCUT2D eigenvalue weighted by atomic mass is 35.5. The Hall–Kier alpha value is -3.43. The third-order valence-electron chi connectivity index (χ3n) is 6.91. The van der Waals surface area contributed by atoms with Gasteiger partial charge in [-0.3, -0.25) is 4.90 Å². The molecule has 2 aliphatic heterocycles. The van der Waals surface area contributed by atoms with Crippen LogP contribution in [0, 0.1) is 0 Å². The molecule has 214 valence electrons. The van der Waals surface area contributed by atoms with Gasteiger partial charge in [0.15, 0.2) is 0 Å². The number of nitrogens with one attached hydrogen (secondary N) is 1. The third-order valence-corrected chi connectivity index (χ3v) is 8.52. The summed E-state index contributed by atoms with van der Waals surface area (Å²) in [5, 5.41) is 3.31. The number of nitrogens with zero attached hydrogens (tertiary/aromatic N) is 7. The molecule has 0 spiro atoms. The summed E-state index contributed by atoms with van der Waals surface area (Å²) in [7, 11) is -1.61. The van der Waals surface area contributed by atoms with Crippen LogP contribution in [0.1, 0.15) is 18.4 Å². The average molecular weight is 599 g/mol. The minimum atomic E-state index is -4.73. The Morgan fingerprint density at radius 1 is 1.10 bits per heavy atom. The number of anilines is 2. The average Bonchev–Trinajstić information content (AvgIpc) is 3.50. The van der Waals surface area contributed by atoms with E-state index in [-0.39, 0.29) is 41.8 Å². The van der Waals surface area contributed by atoms with Crippen molar-refractivity contribution in [3.8, 4) is 17.1 Å². The van der Waals surface area contributed by atoms with Crippen molar-refractivity contribution in [1.82, 2.24) is 28.7 Å². The number of sulfonamides is 1. The number of amides is 2. The molecule has 16 heteroatoms. The van der Waals surface area contributed by atoms with Crippen molar-refractivity contribution < 1.29 is 26.4 Å². The zero-order valence-electron chi connectivity index (χ0n) is 21.6. The van der Waals surface area contributed by atoms with Crippen LogP contribution in [0.25, 0.3) is 17.1 Å². The van der Waals surface area contributed by atoms with Crippen molar-refractivity contribution in [1.29, 1.82) is 0 Å². The number of halogens is 4. The van der Waals surface area contributed by atoms with Crippen LogP contribution in [-0.2, 0) is 16.2 Å². The highest BCUT2D eigenvalue weighted by molar-refractivity contribution is 7.88. The summed E-state index contributed by atoms with van der Waals surface area (Å²) in [6.45, 7) is 1.68. The Morgan fingerprint density at radius 3 is 2.42 bits per heavy atom. The van der Waals surface area contributed by atoms with Crippen molar-refractivity contribution in [2.75, 3.05) is 49.7 Å². The molecular formula is C24H26ClF3N8O3S. The molecule has 3 aromatic rings. The van der Waals surface area contributed by atoms with Gasteiger partial charge in [-0.15, -0.1) is 0 Å². The molecule has 4 heterocycles. The van der Waals surface area contributed by atoms with Crippen molar-refractivity contribution in [2.24, 2.45) is 0 Å². The van der Waals surface area contributed by atoms with Gasteiger partial charge in [-0.2, -0.15) is 13.2 Å². The van der Waals surface area contributed by atoms with E-state index in [9.17, 15) is 26.4 Å². The number of hydrogen-bond acceptors (Lipinski definition) is 7. The van der Waals surface area contributed by atoms with E-state index in [0.29, 0.717) is 43.5 Å². The monoisotopic (exact) mass is 598 g/mol. The number of rotatable bonds is 6. The molecular weight excluding hydrogens is 573 g/mol. The zero-order chi connectivity index (χ0) is 28.8. The molecule has 2 fully saturated rings. The Balaban J connectivity index is 1.40. The summed E-state index contributed by atoms with van der Waals surface area (Å²) < 4.78 is 68.0. The van der Waals surface area contributed by atoms with E-state index in [2.05, 4.69) is 20.3 Å². The standard InChI is InChI=1S/C24H26ClF3N8O3S/c1-33-9-10-36(23(33)37)16-3-4-20(18(25)11-16)34-13-19(30-14-34)21-17(24(26,27)28)12-29-22(32-21)31-15-5-7-35(8-6-15)40(2,38)39/h3-4,11-15H,5-10H2,1-2H3,(H,29,31,32). The Labute approximate surface area is 233 Å². The number of benzene rings is 1. The maximum atomic E-state index is 13.9. The van der Waals surface area contributed by atoms with Gasteiger partial charge >= 0.3 is 12.2 Å². The summed E-state index contributed by atoms with van der Waals surface area (Å²) in [5.41, 5.74) is -0.426. The van der Waals surface area contributed by atoms with Gasteiger partial charge in [-0.05, 0) is 31.0 Å². The van der Waals surface area contributed by atoms with Crippen molar-refractivity contribution in [2.45, 2.75) is 25.1 Å². The molecule has 0 saturated carbocycles. The van der Waals surface area contributed by atoms with Crippen LogP contribution in [0.4, 0.5) is 29.6 Å². The van der Waals surface area contributed by atoms with Gasteiger partial charge in [0, 0.05) is 57.3 Å². The summed E-state index contributed by atoms with van der Waals surface area (Å²) in [6, 6.07) is 4.63. The molecule has 2 saturated heterocycles. The topological polar surface area (TPSA) is 117 Å². The van der Waals surface area contributed by atoms with Gasteiger partial charge in [0.25, 0.3) is 0 Å². The van der Waals surface area contributed by atoms with Crippen molar-refractivity contribution >= 4 is 39.3 Å². The number of carbonyl (C=O) groups is 1. The first kappa shape index (κ1) is 28.1. The number of piperidine rings is 1. The molecule has 11 nitrogen and oxygen atoms in total. The smallest absolute Gasteiger partial charge is 0.351 e. The first-order chi connectivity index (χ1) is 18.8. The van der Waals surface area contributed by atoms with Gasteiger partial charge in [0.1, 0.15) is 23.3 Å². The predicted molar refractivity (Wildman–Crippen MR) is 143 cm³/mol. The fraction of sp³-hybridized carbons (Fsp3) is 0.417. The van der Waals surface area contributed by atoms with E-state index < -0.39 is 27.5 Å². The van der Waals surface area contributed by atoms with Crippen molar-refractivity contribution in [3.05, 3.63) is 47.5 Å². The molecule has 0 bridgehead atoms. The summed E-state index contributed by atoms with van der Waals surface area (Å²) in [6.07, 6.45) is 0.752. The molecule has 1 aromatic carbocycles. The molecule has 0 unspecified atom stereocenters. The minimum Gasteiger partial charge on any atom is -0.351 e. The van der Waals surface area contributed by atoms with E-state index in [1.54, 1.807) is 35.0 Å². The lowest BCUT2D eigenvalue weighted by Gasteiger charge is -2.30. The molecule has 5 rings (SSSR count). The molecule has 40 heavy (non-hydrogen) atoms. The second-order valence-corrected chi connectivity index (χ2v) is 12.1. The summed E-state index contributed by atoms with van der Waals surface area (Å²) >= 11 is 6.50. The Kier molecular flexibility index (Phi) is 7.39. The lowest BCUT2D eigenvalue weighted by Crippen LogP contribution is -2.42. The highest BCUT2D eigenvalue weighted by Gasteiger charge is 2.36. The molecule has 0 radical (unpaired) electrons. The first-order valence-electron chi connectivity index (χ1n) is 12.3. The van der Waals surface area contributed by atoms with Crippen LogP contribution >= 0.6 is 11.6 Å². The van der Waals surface area contributed by atoms with Crippen molar-refractivity contribution in [3.63, 3.8) is 0 Å². The fourth-order valence-corrected chi connectivity index (χ4v) is 5.85. The maximum Gasteiger partial charge on any atom is 0.420 e. The summed E-state index contributed by atoms with van der Waals surface area (Å²) in [5.74, 6) is -0.0158. The van der Waals surface area contributed by atoms with Crippen LogP contribution in [0.15, 0.2) is 36.9 Å². The van der Waals surface area contributed by atoms with Gasteiger partial charge in [0.05, 0.1) is 17.0 Å². The second kappa shape index (κ2) is 10.5. The third kappa shape index (κ3) is 5.71. The molecule has 2 aromatic heterocycles. The second-order valence-electron chi connectivity index (χ2n) is 9.69. The number of alkyl halides is 3. The number of imidazole rings is 1. The molecule has 2 aliphatic rings. The largest absolute Gasteiger partial charge is 0.420 e. The number of aromatic nitrogens is 4. The Morgan fingerprint density at radius 2 is 1.82 bits per heavy atom. The van der Waals surface area contributed by atoms with E-state index in [0.717, 1.165) is 6.26 Å². The normalized spacial score (nSPS) is 17.6. The van der Waals surface area contributed by atoms with E-state index in [4.69, 9.17) is 11.6 Å². The van der Waals surface area contributed by atoms with E-state index in [1.165, 1.54) is 21.4 Å². The number of likely N-dealkylation sites (N-methyl/N-ethyl adjacent to an activating group) is 1. The lowest BCUT2D eigenvalue weighted by molar-refractivity contribution is -0.137. The number of urea groups is 1. The molecule has 0 aliphatic carbocycles. The molecule has 2 amide bonds. The number of carbonyl (C=O) groups excluding carboxylic acids is 1. The SMILES string of the molecule is CN1CCN(c2ccc(-n3cnc(-c4nc(NC5CCN(S(C)(=O)=O)CC5)ncc4C(F)(F)F)c3)c(Cl)c2)C1=O. The lowest BCUT2D eigenvalue weighted by atomic mass is 10.1. The van der Waals surface area contributed by atoms with Crippen LogP contribution in [-0.4, -0.2) is 88.7 Å². The summed E-state index contributed by atoms with van der Waals surface area (Å²) in [4.78, 5) is 27.7. The first-order valence-corrected chi connectivity index (χ1v) is 14.6. The maximum absolute atomic E-state index is 13.9. The predicted octanol–water partition coefficient (Wildman–Crippen LogP) is 3.71. The number of hydrogen-bond donors (Lipinski definition) is 1. The van der Waals surface area contributed by atoms with Crippen LogP contribution in [0.5, 0.6) is 0 Å². The van der Waals surface area contributed by atoms with E-state index in [1.807, 2.05) is 0 Å². The zero-order valence-corrected chi connectivity index (χ0v) is 23.1. The fourth-order valence-electron chi connectivity index (χ4n) is 4.71.